The Hall–Kier alpha value is -0.460. The van der Waals surface area contributed by atoms with Gasteiger partial charge in [0.05, 0.1) is 6.10 Å². The van der Waals surface area contributed by atoms with Gasteiger partial charge in [-0.05, 0) is 6.92 Å². The van der Waals surface area contributed by atoms with Gasteiger partial charge in [-0.2, -0.15) is 0 Å². The molecule has 0 amide bonds. The highest BCUT2D eigenvalue weighted by atomic mass is 16.7. The SMILES string of the molecule is C=CC[C@]1(O)O[C@H](C)[C@H](O)[C@H](O)[C@H]1O. The lowest BCUT2D eigenvalue weighted by Gasteiger charge is -2.44. The number of hydrogen-bond acceptors (Lipinski definition) is 5. The smallest absolute Gasteiger partial charge is 0.198 e. The average Bonchev–Trinajstić information content (AvgIpc) is 2.12. The van der Waals surface area contributed by atoms with Gasteiger partial charge in [-0.1, -0.05) is 6.08 Å². The van der Waals surface area contributed by atoms with E-state index in [0.717, 1.165) is 0 Å². The van der Waals surface area contributed by atoms with Crippen LogP contribution in [0, 0.1) is 0 Å². The van der Waals surface area contributed by atoms with Crippen LogP contribution in [-0.4, -0.2) is 50.6 Å². The first kappa shape index (κ1) is 11.6. The van der Waals surface area contributed by atoms with Crippen LogP contribution >= 0.6 is 0 Å². The van der Waals surface area contributed by atoms with Crippen molar-refractivity contribution in [1.82, 2.24) is 0 Å². The van der Waals surface area contributed by atoms with Gasteiger partial charge in [-0.3, -0.25) is 0 Å². The third-order valence-electron chi connectivity index (χ3n) is 2.44. The second-order valence-electron chi connectivity index (χ2n) is 3.59. The Bertz CT molecular complexity index is 219. The van der Waals surface area contributed by atoms with E-state index in [1.165, 1.54) is 13.0 Å². The summed E-state index contributed by atoms with van der Waals surface area (Å²) in [6.07, 6.45) is -3.52. The van der Waals surface area contributed by atoms with Gasteiger partial charge in [0.15, 0.2) is 5.79 Å². The molecule has 0 spiro atoms. The summed E-state index contributed by atoms with van der Waals surface area (Å²) in [5, 5.41) is 38.0. The lowest BCUT2D eigenvalue weighted by molar-refractivity contribution is -0.340. The first-order chi connectivity index (χ1) is 6.42. The average molecular weight is 204 g/mol. The van der Waals surface area contributed by atoms with Crippen LogP contribution in [0.2, 0.25) is 0 Å². The Morgan fingerprint density at radius 3 is 2.43 bits per heavy atom. The third-order valence-corrected chi connectivity index (χ3v) is 2.44. The lowest BCUT2D eigenvalue weighted by Crippen LogP contribution is -2.63. The molecule has 0 saturated carbocycles. The van der Waals surface area contributed by atoms with Gasteiger partial charge in [-0.15, -0.1) is 6.58 Å². The Balaban J connectivity index is 2.84. The highest BCUT2D eigenvalue weighted by molar-refractivity contribution is 4.97. The van der Waals surface area contributed by atoms with Gasteiger partial charge in [0.2, 0.25) is 0 Å². The van der Waals surface area contributed by atoms with Gasteiger partial charge in [0.25, 0.3) is 0 Å². The molecule has 0 unspecified atom stereocenters. The van der Waals surface area contributed by atoms with E-state index >= 15 is 0 Å². The summed E-state index contributed by atoms with van der Waals surface area (Å²) in [6, 6.07) is 0. The maximum Gasteiger partial charge on any atom is 0.198 e. The van der Waals surface area contributed by atoms with Crippen molar-refractivity contribution in [2.75, 3.05) is 0 Å². The third kappa shape index (κ3) is 1.82. The molecule has 0 radical (unpaired) electrons. The molecule has 0 bridgehead atoms. The van der Waals surface area contributed by atoms with Crippen LogP contribution < -0.4 is 0 Å². The van der Waals surface area contributed by atoms with Crippen molar-refractivity contribution in [3.05, 3.63) is 12.7 Å². The van der Waals surface area contributed by atoms with Crippen LogP contribution in [0.1, 0.15) is 13.3 Å². The fourth-order valence-electron chi connectivity index (χ4n) is 1.57. The van der Waals surface area contributed by atoms with E-state index < -0.39 is 30.2 Å². The van der Waals surface area contributed by atoms with Gasteiger partial charge < -0.3 is 25.2 Å². The first-order valence-corrected chi connectivity index (χ1v) is 4.47. The minimum atomic E-state index is -1.86. The summed E-state index contributed by atoms with van der Waals surface area (Å²) in [7, 11) is 0. The van der Waals surface area contributed by atoms with Gasteiger partial charge >= 0.3 is 0 Å². The van der Waals surface area contributed by atoms with Crippen LogP contribution in [0.5, 0.6) is 0 Å². The summed E-state index contributed by atoms with van der Waals surface area (Å²) in [5.41, 5.74) is 0. The summed E-state index contributed by atoms with van der Waals surface area (Å²) >= 11 is 0. The monoisotopic (exact) mass is 204 g/mol. The zero-order chi connectivity index (χ0) is 10.9. The molecule has 1 saturated heterocycles. The minimum absolute atomic E-state index is 0.0116. The van der Waals surface area contributed by atoms with E-state index in [4.69, 9.17) is 4.74 Å². The number of ether oxygens (including phenoxy) is 1. The molecule has 5 nitrogen and oxygen atoms in total. The topological polar surface area (TPSA) is 90.2 Å². The quantitative estimate of drug-likeness (QED) is 0.422. The van der Waals surface area contributed by atoms with Crippen molar-refractivity contribution in [2.45, 2.75) is 43.5 Å². The molecule has 5 heteroatoms. The van der Waals surface area contributed by atoms with Crippen LogP contribution in [0.15, 0.2) is 12.7 Å². The van der Waals surface area contributed by atoms with Crippen molar-refractivity contribution < 1.29 is 25.2 Å². The van der Waals surface area contributed by atoms with Gasteiger partial charge in [0, 0.05) is 6.42 Å². The van der Waals surface area contributed by atoms with Crippen molar-refractivity contribution in [1.29, 1.82) is 0 Å². The number of aliphatic hydroxyl groups excluding tert-OH is 3. The molecule has 0 aliphatic carbocycles. The molecule has 4 N–H and O–H groups in total. The van der Waals surface area contributed by atoms with Crippen LogP contribution in [0.4, 0.5) is 0 Å². The van der Waals surface area contributed by atoms with Gasteiger partial charge in [0.1, 0.15) is 18.3 Å². The molecule has 0 aromatic rings. The van der Waals surface area contributed by atoms with E-state index in [-0.39, 0.29) is 6.42 Å². The summed E-state index contributed by atoms with van der Waals surface area (Å²) in [6.45, 7) is 4.92. The number of hydrogen-bond donors (Lipinski definition) is 4. The first-order valence-electron chi connectivity index (χ1n) is 4.47. The molecule has 0 aromatic heterocycles. The normalized spacial score (nSPS) is 48.9. The molecule has 82 valence electrons. The number of aliphatic hydroxyl groups is 4. The van der Waals surface area contributed by atoms with Crippen molar-refractivity contribution >= 4 is 0 Å². The molecule has 1 fully saturated rings. The van der Waals surface area contributed by atoms with Crippen LogP contribution in [0.25, 0.3) is 0 Å². The molecule has 1 heterocycles. The fraction of sp³-hybridized carbons (Fsp3) is 0.778. The van der Waals surface area contributed by atoms with Gasteiger partial charge in [-0.25, -0.2) is 0 Å². The summed E-state index contributed by atoms with van der Waals surface area (Å²) in [4.78, 5) is 0. The van der Waals surface area contributed by atoms with E-state index in [2.05, 4.69) is 6.58 Å². The fourth-order valence-corrected chi connectivity index (χ4v) is 1.57. The van der Waals surface area contributed by atoms with Crippen molar-refractivity contribution in [2.24, 2.45) is 0 Å². The zero-order valence-electron chi connectivity index (χ0n) is 8.00. The van der Waals surface area contributed by atoms with Crippen LogP contribution in [-0.2, 0) is 4.74 Å². The van der Waals surface area contributed by atoms with E-state index in [9.17, 15) is 20.4 Å². The largest absolute Gasteiger partial charge is 0.388 e. The second kappa shape index (κ2) is 3.96. The Kier molecular flexibility index (Phi) is 3.28. The molecule has 0 aromatic carbocycles. The minimum Gasteiger partial charge on any atom is -0.388 e. The molecule has 1 aliphatic rings. The molecule has 1 aliphatic heterocycles. The standard InChI is InChI=1S/C9H16O5/c1-3-4-9(13)8(12)7(11)6(10)5(2)14-9/h3,5-8,10-13H,1,4H2,2H3/t5-,6+,7+,8-,9+/m1/s1. The summed E-state index contributed by atoms with van der Waals surface area (Å²) in [5.74, 6) is -1.86. The Morgan fingerprint density at radius 2 is 1.93 bits per heavy atom. The van der Waals surface area contributed by atoms with E-state index in [1.807, 2.05) is 0 Å². The molecule has 5 atom stereocenters. The second-order valence-corrected chi connectivity index (χ2v) is 3.59. The summed E-state index contributed by atoms with van der Waals surface area (Å²) < 4.78 is 5.03. The lowest BCUT2D eigenvalue weighted by atomic mass is 9.91. The zero-order valence-corrected chi connectivity index (χ0v) is 8.00. The predicted molar refractivity (Wildman–Crippen MR) is 48.3 cm³/mol. The molecule has 14 heavy (non-hydrogen) atoms. The van der Waals surface area contributed by atoms with E-state index in [1.54, 1.807) is 0 Å². The Morgan fingerprint density at radius 1 is 1.36 bits per heavy atom. The molecular weight excluding hydrogens is 188 g/mol. The highest BCUT2D eigenvalue weighted by Crippen LogP contribution is 2.30. The maximum atomic E-state index is 9.78. The maximum absolute atomic E-state index is 9.78. The van der Waals surface area contributed by atoms with Crippen molar-refractivity contribution in [3.63, 3.8) is 0 Å². The molecule has 1 rings (SSSR count). The number of rotatable bonds is 2. The van der Waals surface area contributed by atoms with Crippen molar-refractivity contribution in [3.8, 4) is 0 Å². The molecular formula is C9H16O5. The van der Waals surface area contributed by atoms with Crippen LogP contribution in [0.3, 0.4) is 0 Å². The van der Waals surface area contributed by atoms with E-state index in [0.29, 0.717) is 0 Å². The predicted octanol–water partition coefficient (Wildman–Crippen LogP) is -1.25. The Labute approximate surface area is 82.3 Å². The highest BCUT2D eigenvalue weighted by Gasteiger charge is 2.50.